The van der Waals surface area contributed by atoms with Crippen LogP contribution in [0.5, 0.6) is 11.5 Å². The summed E-state index contributed by atoms with van der Waals surface area (Å²) in [7, 11) is 0. The van der Waals surface area contributed by atoms with E-state index in [1.165, 1.54) is 6.07 Å². The molecule has 0 saturated carbocycles. The van der Waals surface area contributed by atoms with Crippen molar-refractivity contribution >= 4 is 0 Å². The predicted octanol–water partition coefficient (Wildman–Crippen LogP) is 2.01. The lowest BCUT2D eigenvalue weighted by atomic mass is 10.1. The molecular weight excluding hydrogens is 197 g/mol. The first kappa shape index (κ1) is 10.2. The van der Waals surface area contributed by atoms with Crippen molar-refractivity contribution in [1.29, 1.82) is 0 Å². The summed E-state index contributed by atoms with van der Waals surface area (Å²) in [5, 5.41) is 0. The van der Waals surface area contributed by atoms with Crippen LogP contribution in [0.4, 0.5) is 4.39 Å². The molecule has 2 N–H and O–H groups in total. The fourth-order valence-electron chi connectivity index (χ4n) is 1.51. The van der Waals surface area contributed by atoms with E-state index in [9.17, 15) is 4.39 Å². The van der Waals surface area contributed by atoms with Crippen molar-refractivity contribution < 1.29 is 13.9 Å². The van der Waals surface area contributed by atoms with Crippen LogP contribution in [0.15, 0.2) is 12.1 Å². The lowest BCUT2D eigenvalue weighted by Crippen LogP contribution is -2.06. The summed E-state index contributed by atoms with van der Waals surface area (Å²) in [5.41, 5.74) is 6.41. The number of ether oxygens (including phenoxy) is 2. The number of benzene rings is 1. The van der Waals surface area contributed by atoms with Gasteiger partial charge in [-0.15, -0.1) is 0 Å². The Hall–Kier alpha value is -1.29. The van der Waals surface area contributed by atoms with Gasteiger partial charge in [0.15, 0.2) is 17.3 Å². The molecule has 1 aromatic carbocycles. The van der Waals surface area contributed by atoms with Crippen molar-refractivity contribution in [3.05, 3.63) is 23.5 Å². The van der Waals surface area contributed by atoms with Crippen LogP contribution in [0.3, 0.4) is 0 Å². The number of hydrogen-bond acceptors (Lipinski definition) is 3. The molecule has 2 rings (SSSR count). The van der Waals surface area contributed by atoms with Crippen molar-refractivity contribution in [2.45, 2.75) is 19.4 Å². The summed E-state index contributed by atoms with van der Waals surface area (Å²) in [4.78, 5) is 0. The van der Waals surface area contributed by atoms with E-state index in [0.29, 0.717) is 19.0 Å². The van der Waals surface area contributed by atoms with Gasteiger partial charge in [0.05, 0.1) is 13.2 Å². The van der Waals surface area contributed by atoms with Gasteiger partial charge in [-0.25, -0.2) is 4.39 Å². The van der Waals surface area contributed by atoms with E-state index in [4.69, 9.17) is 15.2 Å². The highest BCUT2D eigenvalue weighted by molar-refractivity contribution is 5.45. The number of fused-ring (bicyclic) bond motifs is 1. The molecule has 1 unspecified atom stereocenters. The maximum absolute atomic E-state index is 13.6. The highest BCUT2D eigenvalue weighted by Gasteiger charge is 2.17. The van der Waals surface area contributed by atoms with Gasteiger partial charge >= 0.3 is 0 Å². The zero-order chi connectivity index (χ0) is 10.8. The Morgan fingerprint density at radius 3 is 2.80 bits per heavy atom. The monoisotopic (exact) mass is 211 g/mol. The first-order valence-corrected chi connectivity index (χ1v) is 5.03. The van der Waals surface area contributed by atoms with Gasteiger partial charge in [0.2, 0.25) is 0 Å². The number of halogens is 1. The van der Waals surface area contributed by atoms with Crippen molar-refractivity contribution in [2.24, 2.45) is 5.73 Å². The van der Waals surface area contributed by atoms with E-state index < -0.39 is 5.82 Å². The Balaban J connectivity index is 2.44. The molecule has 1 heterocycles. The van der Waals surface area contributed by atoms with E-state index in [1.807, 2.05) is 0 Å². The van der Waals surface area contributed by atoms with E-state index in [1.54, 1.807) is 13.0 Å². The number of hydrogen-bond donors (Lipinski definition) is 1. The topological polar surface area (TPSA) is 44.5 Å². The quantitative estimate of drug-likeness (QED) is 0.772. The molecule has 0 saturated heterocycles. The highest BCUT2D eigenvalue weighted by Crippen LogP contribution is 2.34. The minimum absolute atomic E-state index is 0.205. The zero-order valence-corrected chi connectivity index (χ0v) is 8.63. The third kappa shape index (κ3) is 2.04. The van der Waals surface area contributed by atoms with Gasteiger partial charge in [-0.3, -0.25) is 0 Å². The molecule has 0 bridgehead atoms. The Morgan fingerprint density at radius 1 is 1.33 bits per heavy atom. The molecule has 0 radical (unpaired) electrons. The van der Waals surface area contributed by atoms with Gasteiger partial charge in [0.1, 0.15) is 0 Å². The maximum Gasteiger partial charge on any atom is 0.197 e. The van der Waals surface area contributed by atoms with Gasteiger partial charge < -0.3 is 15.2 Å². The molecule has 15 heavy (non-hydrogen) atoms. The number of rotatable bonds is 1. The summed E-state index contributed by atoms with van der Waals surface area (Å²) >= 11 is 0. The van der Waals surface area contributed by atoms with Gasteiger partial charge in [-0.1, -0.05) is 0 Å². The Labute approximate surface area is 88.0 Å². The third-order valence-corrected chi connectivity index (χ3v) is 2.35. The molecule has 1 aliphatic heterocycles. The molecule has 3 nitrogen and oxygen atoms in total. The minimum atomic E-state index is -0.401. The van der Waals surface area contributed by atoms with Crippen LogP contribution in [0.1, 0.15) is 24.9 Å². The molecule has 0 aromatic heterocycles. The molecule has 0 spiro atoms. The molecule has 0 fully saturated rings. The van der Waals surface area contributed by atoms with Gasteiger partial charge in [-0.2, -0.15) is 0 Å². The van der Waals surface area contributed by atoms with E-state index in [0.717, 1.165) is 12.0 Å². The molecule has 0 amide bonds. The zero-order valence-electron chi connectivity index (χ0n) is 8.63. The average molecular weight is 211 g/mol. The van der Waals surface area contributed by atoms with Crippen LogP contribution in [0, 0.1) is 5.82 Å². The predicted molar refractivity (Wildman–Crippen MR) is 54.6 cm³/mol. The molecule has 1 aliphatic rings. The SMILES string of the molecule is CC(N)c1cc(F)c2c(c1)OCCCO2. The van der Waals surface area contributed by atoms with Crippen molar-refractivity contribution in [1.82, 2.24) is 0 Å². The van der Waals surface area contributed by atoms with E-state index >= 15 is 0 Å². The second-order valence-corrected chi connectivity index (χ2v) is 3.67. The van der Waals surface area contributed by atoms with Crippen LogP contribution >= 0.6 is 0 Å². The highest BCUT2D eigenvalue weighted by atomic mass is 19.1. The molecule has 1 atom stereocenters. The third-order valence-electron chi connectivity index (χ3n) is 2.35. The van der Waals surface area contributed by atoms with Crippen LogP contribution in [0.2, 0.25) is 0 Å². The smallest absolute Gasteiger partial charge is 0.197 e. The Bertz CT molecular complexity index is 366. The van der Waals surface area contributed by atoms with Gasteiger partial charge in [0.25, 0.3) is 0 Å². The lowest BCUT2D eigenvalue weighted by molar-refractivity contribution is 0.292. The standard InChI is InChI=1S/C11H14FNO2/c1-7(13)8-5-9(12)11-10(6-8)14-3-2-4-15-11/h5-7H,2-4,13H2,1H3. The second kappa shape index (κ2) is 4.06. The van der Waals surface area contributed by atoms with Crippen LogP contribution in [-0.2, 0) is 0 Å². The van der Waals surface area contributed by atoms with Crippen molar-refractivity contribution in [3.63, 3.8) is 0 Å². The minimum Gasteiger partial charge on any atom is -0.489 e. The summed E-state index contributed by atoms with van der Waals surface area (Å²) in [6.07, 6.45) is 0.766. The van der Waals surface area contributed by atoms with Gasteiger partial charge in [-0.05, 0) is 24.6 Å². The van der Waals surface area contributed by atoms with Crippen LogP contribution < -0.4 is 15.2 Å². The van der Waals surface area contributed by atoms with E-state index in [-0.39, 0.29) is 11.8 Å². The van der Waals surface area contributed by atoms with E-state index in [2.05, 4.69) is 0 Å². The fourth-order valence-corrected chi connectivity index (χ4v) is 1.51. The molecule has 1 aromatic rings. The van der Waals surface area contributed by atoms with Crippen molar-refractivity contribution in [3.8, 4) is 11.5 Å². The van der Waals surface area contributed by atoms with Crippen molar-refractivity contribution in [2.75, 3.05) is 13.2 Å². The maximum atomic E-state index is 13.6. The summed E-state index contributed by atoms with van der Waals surface area (Å²) in [6, 6.07) is 2.93. The molecule has 4 heteroatoms. The first-order valence-electron chi connectivity index (χ1n) is 5.03. The second-order valence-electron chi connectivity index (χ2n) is 3.67. The molecular formula is C11H14FNO2. The Kier molecular flexibility index (Phi) is 2.77. The molecule has 82 valence electrons. The summed E-state index contributed by atoms with van der Waals surface area (Å²) < 4.78 is 24.3. The largest absolute Gasteiger partial charge is 0.489 e. The van der Waals surface area contributed by atoms with Gasteiger partial charge in [0, 0.05) is 12.5 Å². The average Bonchev–Trinajstić information content (AvgIpc) is 2.42. The Morgan fingerprint density at radius 2 is 2.07 bits per heavy atom. The number of nitrogens with two attached hydrogens (primary N) is 1. The molecule has 0 aliphatic carbocycles. The fraction of sp³-hybridized carbons (Fsp3) is 0.455. The summed E-state index contributed by atoms with van der Waals surface area (Å²) in [5.74, 6) is 0.262. The van der Waals surface area contributed by atoms with Crippen LogP contribution in [0.25, 0.3) is 0 Å². The van der Waals surface area contributed by atoms with Crippen LogP contribution in [-0.4, -0.2) is 13.2 Å². The first-order chi connectivity index (χ1) is 7.18. The lowest BCUT2D eigenvalue weighted by Gasteiger charge is -2.12. The normalized spacial score (nSPS) is 17.0. The summed E-state index contributed by atoms with van der Waals surface area (Å²) in [6.45, 7) is 2.84.